The van der Waals surface area contributed by atoms with Crippen molar-refractivity contribution in [3.63, 3.8) is 0 Å². The second-order valence-corrected chi connectivity index (χ2v) is 10.6. The molecule has 0 spiro atoms. The minimum Gasteiger partial charge on any atom is -0.468 e. The van der Waals surface area contributed by atoms with Gasteiger partial charge >= 0.3 is 5.97 Å². The predicted octanol–water partition coefficient (Wildman–Crippen LogP) is 2.43. The zero-order chi connectivity index (χ0) is 23.4. The number of fused-ring (bicyclic) bond motifs is 2. The molecule has 0 saturated heterocycles. The van der Waals surface area contributed by atoms with E-state index in [0.29, 0.717) is 27.4 Å². The Labute approximate surface area is 194 Å². The summed E-state index contributed by atoms with van der Waals surface area (Å²) < 4.78 is 42.6. The highest BCUT2D eigenvalue weighted by Crippen LogP contribution is 2.37. The van der Waals surface area contributed by atoms with Gasteiger partial charge in [0.25, 0.3) is 0 Å². The molecule has 0 unspecified atom stereocenters. The molecule has 0 fully saturated rings. The maximum absolute atomic E-state index is 12.5. The molecule has 0 aliphatic carbocycles. The number of esters is 1. The van der Waals surface area contributed by atoms with Crippen LogP contribution in [-0.2, 0) is 36.5 Å². The SMILES string of the molecule is COC(=O)Cn1c(=NC(=O)CCCS(=O)(=O)Cc2ccccc2)sc2cc3c(cc21)OCO3. The number of hydrogen-bond acceptors (Lipinski definition) is 8. The average Bonchev–Trinajstić information content (AvgIpc) is 3.36. The van der Waals surface area contributed by atoms with Gasteiger partial charge in [-0.25, -0.2) is 8.42 Å². The Kier molecular flexibility index (Phi) is 6.80. The molecule has 3 aromatic rings. The molecule has 0 saturated carbocycles. The van der Waals surface area contributed by atoms with Gasteiger partial charge in [0.15, 0.2) is 26.1 Å². The molecule has 0 N–H and O–H groups in total. The molecule has 1 amide bonds. The Hall–Kier alpha value is -3.18. The lowest BCUT2D eigenvalue weighted by Gasteiger charge is -2.05. The van der Waals surface area contributed by atoms with E-state index in [9.17, 15) is 18.0 Å². The van der Waals surface area contributed by atoms with E-state index in [1.54, 1.807) is 41.0 Å². The first-order chi connectivity index (χ1) is 15.8. The lowest BCUT2D eigenvalue weighted by atomic mass is 10.2. The van der Waals surface area contributed by atoms with Crippen molar-refractivity contribution in [3.05, 3.63) is 52.8 Å². The Morgan fingerprint density at radius 2 is 1.88 bits per heavy atom. The van der Waals surface area contributed by atoms with Crippen LogP contribution in [0.5, 0.6) is 11.5 Å². The van der Waals surface area contributed by atoms with Crippen LogP contribution in [-0.4, -0.2) is 44.5 Å². The second kappa shape index (κ2) is 9.75. The van der Waals surface area contributed by atoms with Crippen molar-refractivity contribution in [2.75, 3.05) is 19.7 Å². The normalized spacial score (nSPS) is 13.4. The first-order valence-corrected chi connectivity index (χ1v) is 12.8. The van der Waals surface area contributed by atoms with Gasteiger partial charge in [0.05, 0.1) is 28.8 Å². The molecule has 0 radical (unpaired) electrons. The van der Waals surface area contributed by atoms with Crippen molar-refractivity contribution < 1.29 is 32.2 Å². The summed E-state index contributed by atoms with van der Waals surface area (Å²) >= 11 is 1.23. The van der Waals surface area contributed by atoms with Crippen molar-refractivity contribution in [2.24, 2.45) is 4.99 Å². The molecule has 1 aliphatic rings. The summed E-state index contributed by atoms with van der Waals surface area (Å²) in [5.41, 5.74) is 1.37. The Morgan fingerprint density at radius 3 is 2.61 bits per heavy atom. The van der Waals surface area contributed by atoms with Gasteiger partial charge in [-0.1, -0.05) is 41.7 Å². The second-order valence-electron chi connectivity index (χ2n) is 7.41. The van der Waals surface area contributed by atoms with Gasteiger partial charge in [-0.3, -0.25) is 9.59 Å². The van der Waals surface area contributed by atoms with Crippen LogP contribution in [0.3, 0.4) is 0 Å². The number of methoxy groups -OCH3 is 1. The molecular formula is C22H22N2O7S2. The molecule has 4 rings (SSSR count). The summed E-state index contributed by atoms with van der Waals surface area (Å²) in [6.07, 6.45) is 0.137. The summed E-state index contributed by atoms with van der Waals surface area (Å²) in [7, 11) is -2.06. The molecule has 11 heteroatoms. The van der Waals surface area contributed by atoms with Gasteiger partial charge in [-0.2, -0.15) is 4.99 Å². The van der Waals surface area contributed by atoms with E-state index in [2.05, 4.69) is 4.99 Å². The first kappa shape index (κ1) is 23.0. The minimum atomic E-state index is -3.34. The highest BCUT2D eigenvalue weighted by atomic mass is 32.2. The molecule has 1 aromatic heterocycles. The molecule has 2 heterocycles. The predicted molar refractivity (Wildman–Crippen MR) is 122 cm³/mol. The van der Waals surface area contributed by atoms with Crippen molar-refractivity contribution in [1.29, 1.82) is 0 Å². The fourth-order valence-electron chi connectivity index (χ4n) is 3.40. The standard InChI is InChI=1S/C22H22N2O7S2/c1-29-21(26)12-24-16-10-17-18(31-14-30-17)11-19(16)32-22(24)23-20(25)8-5-9-33(27,28)13-15-6-3-2-4-7-15/h2-4,6-7,10-11H,5,8-9,12-14H2,1H3. The van der Waals surface area contributed by atoms with Crippen molar-refractivity contribution in [1.82, 2.24) is 4.57 Å². The molecule has 2 aromatic carbocycles. The number of thiazole rings is 1. The maximum atomic E-state index is 12.5. The minimum absolute atomic E-state index is 0.0246. The molecule has 33 heavy (non-hydrogen) atoms. The number of ether oxygens (including phenoxy) is 3. The third kappa shape index (κ3) is 5.60. The van der Waals surface area contributed by atoms with E-state index in [1.165, 1.54) is 18.4 Å². The largest absolute Gasteiger partial charge is 0.468 e. The number of amides is 1. The zero-order valence-electron chi connectivity index (χ0n) is 17.9. The van der Waals surface area contributed by atoms with Crippen molar-refractivity contribution in [3.8, 4) is 11.5 Å². The maximum Gasteiger partial charge on any atom is 0.325 e. The van der Waals surface area contributed by atoms with Gasteiger partial charge in [0, 0.05) is 18.6 Å². The van der Waals surface area contributed by atoms with Crippen LogP contribution in [0, 0.1) is 0 Å². The molecule has 174 valence electrons. The fraction of sp³-hybridized carbons (Fsp3) is 0.318. The third-order valence-electron chi connectivity index (χ3n) is 4.99. The van der Waals surface area contributed by atoms with Crippen LogP contribution >= 0.6 is 11.3 Å². The topological polar surface area (TPSA) is 113 Å². The van der Waals surface area contributed by atoms with E-state index >= 15 is 0 Å². The van der Waals surface area contributed by atoms with E-state index < -0.39 is 21.7 Å². The number of rotatable bonds is 8. The summed E-state index contributed by atoms with van der Waals surface area (Å²) in [6, 6.07) is 12.4. The molecule has 0 atom stereocenters. The van der Waals surface area contributed by atoms with E-state index in [1.807, 2.05) is 6.07 Å². The van der Waals surface area contributed by atoms with Gasteiger partial charge in [0.2, 0.25) is 12.7 Å². The Balaban J connectivity index is 1.50. The number of hydrogen-bond donors (Lipinski definition) is 0. The average molecular weight is 491 g/mol. The fourth-order valence-corrected chi connectivity index (χ4v) is 5.88. The first-order valence-electron chi connectivity index (χ1n) is 10.2. The monoisotopic (exact) mass is 490 g/mol. The van der Waals surface area contributed by atoms with E-state index in [-0.39, 0.29) is 37.7 Å². The van der Waals surface area contributed by atoms with Crippen molar-refractivity contribution in [2.45, 2.75) is 25.1 Å². The van der Waals surface area contributed by atoms with Crippen LogP contribution in [0.25, 0.3) is 10.2 Å². The molecular weight excluding hydrogens is 468 g/mol. The number of sulfone groups is 1. The Bertz CT molecular complexity index is 1360. The Morgan fingerprint density at radius 1 is 1.15 bits per heavy atom. The van der Waals surface area contributed by atoms with Crippen LogP contribution < -0.4 is 14.3 Å². The van der Waals surface area contributed by atoms with Gasteiger partial charge < -0.3 is 18.8 Å². The van der Waals surface area contributed by atoms with Crippen molar-refractivity contribution >= 4 is 43.3 Å². The van der Waals surface area contributed by atoms with Crippen LogP contribution in [0.15, 0.2) is 47.5 Å². The van der Waals surface area contributed by atoms with Crippen LogP contribution in [0.1, 0.15) is 18.4 Å². The number of carbonyl (C=O) groups is 2. The van der Waals surface area contributed by atoms with Gasteiger partial charge in [0.1, 0.15) is 6.54 Å². The summed E-state index contributed by atoms with van der Waals surface area (Å²) in [5.74, 6) is -0.0120. The quantitative estimate of drug-likeness (QED) is 0.446. The molecule has 0 bridgehead atoms. The number of carbonyl (C=O) groups excluding carboxylic acids is 2. The van der Waals surface area contributed by atoms with Crippen LogP contribution in [0.4, 0.5) is 0 Å². The van der Waals surface area contributed by atoms with Gasteiger partial charge in [-0.05, 0) is 12.0 Å². The number of aromatic nitrogens is 1. The number of benzene rings is 2. The lowest BCUT2D eigenvalue weighted by molar-refractivity contribution is -0.141. The third-order valence-corrected chi connectivity index (χ3v) is 7.71. The zero-order valence-corrected chi connectivity index (χ0v) is 19.5. The van der Waals surface area contributed by atoms with Gasteiger partial charge in [-0.15, -0.1) is 0 Å². The molecule has 9 nitrogen and oxygen atoms in total. The smallest absolute Gasteiger partial charge is 0.325 e. The van der Waals surface area contributed by atoms with Crippen LogP contribution in [0.2, 0.25) is 0 Å². The van der Waals surface area contributed by atoms with E-state index in [0.717, 1.165) is 4.70 Å². The molecule has 1 aliphatic heterocycles. The summed E-state index contributed by atoms with van der Waals surface area (Å²) in [4.78, 5) is 28.9. The summed E-state index contributed by atoms with van der Waals surface area (Å²) in [6.45, 7) is -0.0137. The van der Waals surface area contributed by atoms with E-state index in [4.69, 9.17) is 14.2 Å². The highest BCUT2D eigenvalue weighted by molar-refractivity contribution is 7.90. The lowest BCUT2D eigenvalue weighted by Crippen LogP contribution is -2.22. The highest BCUT2D eigenvalue weighted by Gasteiger charge is 2.19. The summed E-state index contributed by atoms with van der Waals surface area (Å²) in [5, 5.41) is 0. The number of nitrogens with zero attached hydrogens (tertiary/aromatic N) is 2.